The fourth-order valence-electron chi connectivity index (χ4n) is 3.68. The van der Waals surface area contributed by atoms with Crippen molar-refractivity contribution in [2.45, 2.75) is 77.8 Å². The third-order valence-electron chi connectivity index (χ3n) is 7.39. The summed E-state index contributed by atoms with van der Waals surface area (Å²) in [6, 6.07) is 16.7. The normalized spacial score (nSPS) is 23.2. The Morgan fingerprint density at radius 3 is 0.969 bits per heavy atom. The second kappa shape index (κ2) is 7.88. The van der Waals surface area contributed by atoms with Crippen LogP contribution in [0.4, 0.5) is 0 Å². The Labute approximate surface area is 193 Å². The van der Waals surface area contributed by atoms with E-state index in [4.69, 9.17) is 18.6 Å². The van der Waals surface area contributed by atoms with Gasteiger partial charge in [0.05, 0.1) is 22.4 Å². The molecule has 4 nitrogen and oxygen atoms in total. The summed E-state index contributed by atoms with van der Waals surface area (Å²) < 4.78 is 24.6. The van der Waals surface area contributed by atoms with E-state index in [0.29, 0.717) is 0 Å². The summed E-state index contributed by atoms with van der Waals surface area (Å²) >= 11 is 0. The second-order valence-electron chi connectivity index (χ2n) is 10.8. The van der Waals surface area contributed by atoms with Gasteiger partial charge in [0.15, 0.2) is 0 Å². The maximum absolute atomic E-state index is 6.14. The SMILES string of the molecule is CC1(C)OB(c2ccc(/C=C\c3ccc(B4OC(C)(C)C(C)(C)O4)cc3)cc2)OC1(C)C. The molecule has 2 saturated heterocycles. The summed E-state index contributed by atoms with van der Waals surface area (Å²) in [7, 11) is -0.666. The summed E-state index contributed by atoms with van der Waals surface area (Å²) in [4.78, 5) is 0. The average molecular weight is 432 g/mol. The van der Waals surface area contributed by atoms with Gasteiger partial charge in [-0.3, -0.25) is 0 Å². The molecule has 4 rings (SSSR count). The molecule has 0 unspecified atom stereocenters. The van der Waals surface area contributed by atoms with Gasteiger partial charge in [0.25, 0.3) is 0 Å². The highest BCUT2D eigenvalue weighted by molar-refractivity contribution is 6.62. The van der Waals surface area contributed by atoms with Crippen LogP contribution >= 0.6 is 0 Å². The lowest BCUT2D eigenvalue weighted by Gasteiger charge is -2.32. The molecule has 0 spiro atoms. The number of rotatable bonds is 4. The fraction of sp³-hybridized carbons (Fsp3) is 0.462. The van der Waals surface area contributed by atoms with Crippen LogP contribution in [0.25, 0.3) is 12.2 Å². The predicted octanol–water partition coefficient (Wildman–Crippen LogP) is 4.46. The van der Waals surface area contributed by atoms with E-state index in [0.717, 1.165) is 22.1 Å². The van der Waals surface area contributed by atoms with E-state index in [1.54, 1.807) is 0 Å². The molecule has 6 heteroatoms. The molecule has 0 bridgehead atoms. The van der Waals surface area contributed by atoms with Gasteiger partial charge in [-0.2, -0.15) is 0 Å². The molecule has 32 heavy (non-hydrogen) atoms. The number of benzene rings is 2. The van der Waals surface area contributed by atoms with Crippen LogP contribution in [0.15, 0.2) is 48.5 Å². The van der Waals surface area contributed by atoms with Gasteiger partial charge < -0.3 is 18.6 Å². The molecule has 0 saturated carbocycles. The summed E-state index contributed by atoms with van der Waals surface area (Å²) in [6.45, 7) is 16.6. The van der Waals surface area contributed by atoms with Crippen LogP contribution in [0.3, 0.4) is 0 Å². The Bertz CT molecular complexity index is 878. The fourth-order valence-corrected chi connectivity index (χ4v) is 3.68. The molecule has 0 atom stereocenters. The van der Waals surface area contributed by atoms with E-state index in [1.807, 2.05) is 0 Å². The topological polar surface area (TPSA) is 36.9 Å². The molecule has 0 aliphatic carbocycles. The van der Waals surface area contributed by atoms with Gasteiger partial charge in [-0.05, 0) is 77.4 Å². The van der Waals surface area contributed by atoms with E-state index in [-0.39, 0.29) is 36.6 Å². The maximum atomic E-state index is 6.14. The van der Waals surface area contributed by atoms with Crippen molar-refractivity contribution in [2.24, 2.45) is 0 Å². The van der Waals surface area contributed by atoms with Crippen molar-refractivity contribution >= 4 is 37.3 Å². The van der Waals surface area contributed by atoms with Gasteiger partial charge >= 0.3 is 14.2 Å². The van der Waals surface area contributed by atoms with Crippen molar-refractivity contribution in [1.29, 1.82) is 0 Å². The van der Waals surface area contributed by atoms with E-state index in [2.05, 4.69) is 116 Å². The first-order valence-corrected chi connectivity index (χ1v) is 11.4. The standard InChI is InChI=1S/C26H34B2O4/c1-23(2)24(3,4)30-27(29-23)21-15-11-19(12-16-21)9-10-20-13-17-22(18-14-20)28-31-25(5,6)26(7,8)32-28/h9-18H,1-8H3/b10-9-. The maximum Gasteiger partial charge on any atom is 0.494 e. The van der Waals surface area contributed by atoms with E-state index >= 15 is 0 Å². The van der Waals surface area contributed by atoms with Crippen LogP contribution in [0.1, 0.15) is 66.5 Å². The highest BCUT2D eigenvalue weighted by Crippen LogP contribution is 2.37. The summed E-state index contributed by atoms with van der Waals surface area (Å²) in [6.07, 6.45) is 4.22. The zero-order valence-corrected chi connectivity index (χ0v) is 20.6. The molecule has 168 valence electrons. The molecule has 2 heterocycles. The zero-order valence-electron chi connectivity index (χ0n) is 20.6. The minimum absolute atomic E-state index is 0.331. The van der Waals surface area contributed by atoms with Gasteiger partial charge in [0.2, 0.25) is 0 Å². The first-order valence-electron chi connectivity index (χ1n) is 11.4. The van der Waals surface area contributed by atoms with Gasteiger partial charge in [0, 0.05) is 0 Å². The van der Waals surface area contributed by atoms with Gasteiger partial charge in [-0.15, -0.1) is 0 Å². The summed E-state index contributed by atoms with van der Waals surface area (Å²) in [5.41, 5.74) is 3.00. The third-order valence-corrected chi connectivity index (χ3v) is 7.39. The van der Waals surface area contributed by atoms with Crippen molar-refractivity contribution in [2.75, 3.05) is 0 Å². The Hall–Kier alpha value is -1.85. The lowest BCUT2D eigenvalue weighted by molar-refractivity contribution is 0.00578. The lowest BCUT2D eigenvalue weighted by Crippen LogP contribution is -2.41. The van der Waals surface area contributed by atoms with Crippen LogP contribution in [0, 0.1) is 0 Å². The van der Waals surface area contributed by atoms with Gasteiger partial charge in [0.1, 0.15) is 0 Å². The third kappa shape index (κ3) is 4.34. The highest BCUT2D eigenvalue weighted by atomic mass is 16.7. The zero-order chi connectivity index (χ0) is 23.4. The van der Waals surface area contributed by atoms with E-state index in [9.17, 15) is 0 Å². The Morgan fingerprint density at radius 1 is 0.469 bits per heavy atom. The molecule has 0 radical (unpaired) electrons. The van der Waals surface area contributed by atoms with E-state index in [1.165, 1.54) is 0 Å². The molecule has 2 fully saturated rings. The molecule has 2 aromatic rings. The smallest absolute Gasteiger partial charge is 0.399 e. The van der Waals surface area contributed by atoms with Crippen LogP contribution in [0.2, 0.25) is 0 Å². The molecule has 2 aromatic carbocycles. The molecule has 0 aromatic heterocycles. The Kier molecular flexibility index (Phi) is 5.74. The first kappa shape index (κ1) is 23.3. The Morgan fingerprint density at radius 2 is 0.719 bits per heavy atom. The minimum Gasteiger partial charge on any atom is -0.399 e. The molecule has 2 aliphatic heterocycles. The summed E-state index contributed by atoms with van der Waals surface area (Å²) in [5.74, 6) is 0. The van der Waals surface area contributed by atoms with Crippen molar-refractivity contribution in [1.82, 2.24) is 0 Å². The molecular weight excluding hydrogens is 398 g/mol. The quantitative estimate of drug-likeness (QED) is 0.529. The van der Waals surface area contributed by atoms with Crippen molar-refractivity contribution in [3.8, 4) is 0 Å². The van der Waals surface area contributed by atoms with Gasteiger partial charge in [-0.1, -0.05) is 60.7 Å². The average Bonchev–Trinajstić information content (AvgIpc) is 3.07. The van der Waals surface area contributed by atoms with Crippen molar-refractivity contribution < 1.29 is 18.6 Å². The largest absolute Gasteiger partial charge is 0.494 e. The van der Waals surface area contributed by atoms with Crippen LogP contribution < -0.4 is 10.9 Å². The van der Waals surface area contributed by atoms with E-state index < -0.39 is 0 Å². The molecule has 0 N–H and O–H groups in total. The van der Waals surface area contributed by atoms with Crippen molar-refractivity contribution in [3.63, 3.8) is 0 Å². The van der Waals surface area contributed by atoms with Crippen molar-refractivity contribution in [3.05, 3.63) is 59.7 Å². The first-order chi connectivity index (χ1) is 14.8. The lowest BCUT2D eigenvalue weighted by atomic mass is 9.78. The van der Waals surface area contributed by atoms with Crippen LogP contribution in [-0.2, 0) is 18.6 Å². The van der Waals surface area contributed by atoms with Gasteiger partial charge in [-0.25, -0.2) is 0 Å². The Balaban J connectivity index is 1.40. The molecule has 0 amide bonds. The summed E-state index contributed by atoms with van der Waals surface area (Å²) in [5, 5.41) is 0. The van der Waals surface area contributed by atoms with Crippen LogP contribution in [-0.4, -0.2) is 36.6 Å². The monoisotopic (exact) mass is 432 g/mol. The van der Waals surface area contributed by atoms with Crippen LogP contribution in [0.5, 0.6) is 0 Å². The highest BCUT2D eigenvalue weighted by Gasteiger charge is 2.52. The number of hydrogen-bond donors (Lipinski definition) is 0. The minimum atomic E-state index is -0.333. The molecule has 2 aliphatic rings. The second-order valence-corrected chi connectivity index (χ2v) is 10.8. The number of hydrogen-bond acceptors (Lipinski definition) is 4. The predicted molar refractivity (Wildman–Crippen MR) is 133 cm³/mol. The molecular formula is C26H34B2O4.